The average molecular weight is 394 g/mol. The number of nitrogens with zero attached hydrogens (tertiary/aromatic N) is 2. The molecule has 0 aromatic heterocycles. The van der Waals surface area contributed by atoms with Crippen molar-refractivity contribution in [2.45, 2.75) is 44.9 Å². The molecule has 4 rings (SSSR count). The topological polar surface area (TPSA) is 44.8 Å². The van der Waals surface area contributed by atoms with Crippen molar-refractivity contribution >= 4 is 11.7 Å². The van der Waals surface area contributed by atoms with E-state index in [1.165, 1.54) is 0 Å². The van der Waals surface area contributed by atoms with E-state index in [1.807, 2.05) is 65.6 Å². The van der Waals surface area contributed by atoms with Crippen LogP contribution in [0.3, 0.4) is 0 Å². The summed E-state index contributed by atoms with van der Waals surface area (Å²) in [6.45, 7) is 7.09. The van der Waals surface area contributed by atoms with Crippen LogP contribution in [0.5, 0.6) is 5.75 Å². The quantitative estimate of drug-likeness (QED) is 0.815. The number of carbonyl (C=O) groups is 1. The summed E-state index contributed by atoms with van der Waals surface area (Å²) < 4.78 is 6.32. The van der Waals surface area contributed by atoms with Gasteiger partial charge in [-0.05, 0) is 56.9 Å². The second kappa shape index (κ2) is 8.87. The monoisotopic (exact) mass is 393 g/mol. The van der Waals surface area contributed by atoms with Gasteiger partial charge in [-0.1, -0.05) is 36.4 Å². The molecule has 2 aliphatic rings. The van der Waals surface area contributed by atoms with Crippen LogP contribution in [0.1, 0.15) is 26.7 Å². The van der Waals surface area contributed by atoms with Gasteiger partial charge in [0.1, 0.15) is 11.9 Å². The van der Waals surface area contributed by atoms with Crippen LogP contribution in [0.15, 0.2) is 60.7 Å². The molecular formula is C24H31N3O2. The van der Waals surface area contributed by atoms with Crippen molar-refractivity contribution in [3.63, 3.8) is 0 Å². The van der Waals surface area contributed by atoms with Crippen molar-refractivity contribution < 1.29 is 9.53 Å². The lowest BCUT2D eigenvalue weighted by molar-refractivity contribution is -0.0979. The molecule has 0 bridgehead atoms. The Balaban J connectivity index is 1.34. The van der Waals surface area contributed by atoms with Crippen LogP contribution in [0, 0.1) is 5.92 Å². The zero-order valence-corrected chi connectivity index (χ0v) is 17.3. The molecule has 0 unspecified atom stereocenters. The van der Waals surface area contributed by atoms with Gasteiger partial charge in [-0.2, -0.15) is 0 Å². The molecule has 5 heteroatoms. The minimum Gasteiger partial charge on any atom is -0.487 e. The fourth-order valence-electron chi connectivity index (χ4n) is 4.59. The summed E-state index contributed by atoms with van der Waals surface area (Å²) in [4.78, 5) is 17.1. The zero-order valence-electron chi connectivity index (χ0n) is 17.3. The van der Waals surface area contributed by atoms with Crippen LogP contribution >= 0.6 is 0 Å². The maximum absolute atomic E-state index is 12.6. The van der Waals surface area contributed by atoms with Gasteiger partial charge in [0.15, 0.2) is 0 Å². The van der Waals surface area contributed by atoms with Crippen molar-refractivity contribution in [2.24, 2.45) is 5.92 Å². The number of urea groups is 1. The molecule has 0 aliphatic carbocycles. The summed E-state index contributed by atoms with van der Waals surface area (Å²) in [6.07, 6.45) is 2.27. The molecule has 29 heavy (non-hydrogen) atoms. The lowest BCUT2D eigenvalue weighted by Crippen LogP contribution is -2.68. The number of ether oxygens (including phenoxy) is 1. The van der Waals surface area contributed by atoms with E-state index in [0.717, 1.165) is 43.9 Å². The summed E-state index contributed by atoms with van der Waals surface area (Å²) in [5.74, 6) is 1.51. The van der Waals surface area contributed by atoms with Gasteiger partial charge in [0, 0.05) is 31.4 Å². The smallest absolute Gasteiger partial charge is 0.321 e. The first-order chi connectivity index (χ1) is 14.1. The highest BCUT2D eigenvalue weighted by atomic mass is 16.5. The van der Waals surface area contributed by atoms with Crippen LogP contribution in [-0.2, 0) is 0 Å². The fraction of sp³-hybridized carbons (Fsp3) is 0.458. The van der Waals surface area contributed by atoms with E-state index in [4.69, 9.17) is 4.74 Å². The van der Waals surface area contributed by atoms with Gasteiger partial charge in [0.25, 0.3) is 0 Å². The molecule has 1 N–H and O–H groups in total. The Morgan fingerprint density at radius 3 is 2.24 bits per heavy atom. The van der Waals surface area contributed by atoms with Gasteiger partial charge in [0.2, 0.25) is 0 Å². The second-order valence-electron chi connectivity index (χ2n) is 8.37. The Hall–Kier alpha value is -2.53. The maximum Gasteiger partial charge on any atom is 0.321 e. The molecule has 2 aliphatic heterocycles. The van der Waals surface area contributed by atoms with E-state index in [0.29, 0.717) is 18.0 Å². The molecule has 5 nitrogen and oxygen atoms in total. The van der Waals surface area contributed by atoms with Crippen LogP contribution in [-0.4, -0.2) is 53.7 Å². The predicted octanol–water partition coefficient (Wildman–Crippen LogP) is 4.47. The first-order valence-corrected chi connectivity index (χ1v) is 10.7. The number of piperidine rings is 1. The molecule has 2 amide bonds. The summed E-state index contributed by atoms with van der Waals surface area (Å²) >= 11 is 0. The third kappa shape index (κ3) is 4.56. The minimum atomic E-state index is 0.000982. The number of rotatable bonds is 5. The molecule has 2 atom stereocenters. The number of nitrogens with one attached hydrogen (secondary N) is 1. The van der Waals surface area contributed by atoms with Crippen LogP contribution in [0.2, 0.25) is 0 Å². The third-order valence-corrected chi connectivity index (χ3v) is 6.18. The van der Waals surface area contributed by atoms with E-state index in [2.05, 4.69) is 24.1 Å². The number of para-hydroxylation sites is 2. The normalized spacial score (nSPS) is 22.9. The van der Waals surface area contributed by atoms with E-state index in [9.17, 15) is 4.79 Å². The van der Waals surface area contributed by atoms with Crippen molar-refractivity contribution in [3.8, 4) is 5.75 Å². The lowest BCUT2D eigenvalue weighted by Gasteiger charge is -2.54. The largest absolute Gasteiger partial charge is 0.487 e. The number of amides is 2. The van der Waals surface area contributed by atoms with Crippen molar-refractivity contribution in [1.29, 1.82) is 0 Å². The molecule has 0 spiro atoms. The van der Waals surface area contributed by atoms with Crippen molar-refractivity contribution in [3.05, 3.63) is 60.7 Å². The Morgan fingerprint density at radius 1 is 1.00 bits per heavy atom. The Morgan fingerprint density at radius 2 is 1.62 bits per heavy atom. The minimum absolute atomic E-state index is 0.000982. The molecule has 2 aromatic carbocycles. The first kappa shape index (κ1) is 19.8. The molecule has 154 valence electrons. The second-order valence-corrected chi connectivity index (χ2v) is 8.37. The van der Waals surface area contributed by atoms with Gasteiger partial charge < -0.3 is 15.0 Å². The van der Waals surface area contributed by atoms with Crippen molar-refractivity contribution in [2.75, 3.05) is 25.0 Å². The molecule has 2 heterocycles. The standard InChI is InChI=1S/C24H31N3O2/c1-18(2)27-17-22(29-21-11-7-4-8-12-21)23(27)19-13-15-26(16-14-19)24(28)25-20-9-5-3-6-10-20/h3-12,18-19,22-23H,13-17H2,1-2H3,(H,25,28)/t22-,23-/m0/s1. The summed E-state index contributed by atoms with van der Waals surface area (Å²) in [5.41, 5.74) is 0.848. The average Bonchev–Trinajstić information content (AvgIpc) is 2.72. The Kier molecular flexibility index (Phi) is 6.05. The zero-order chi connectivity index (χ0) is 20.2. The van der Waals surface area contributed by atoms with Gasteiger partial charge in [-0.3, -0.25) is 4.90 Å². The van der Waals surface area contributed by atoms with Crippen LogP contribution < -0.4 is 10.1 Å². The number of carbonyl (C=O) groups excluding carboxylic acids is 1. The predicted molar refractivity (Wildman–Crippen MR) is 116 cm³/mol. The number of hydrogen-bond acceptors (Lipinski definition) is 3. The summed E-state index contributed by atoms with van der Waals surface area (Å²) in [6, 6.07) is 20.7. The first-order valence-electron chi connectivity index (χ1n) is 10.7. The number of likely N-dealkylation sites (tertiary alicyclic amines) is 2. The molecule has 2 saturated heterocycles. The highest BCUT2D eigenvalue weighted by Crippen LogP contribution is 2.36. The number of anilines is 1. The highest BCUT2D eigenvalue weighted by molar-refractivity contribution is 5.89. The van der Waals surface area contributed by atoms with Crippen LogP contribution in [0.25, 0.3) is 0 Å². The lowest BCUT2D eigenvalue weighted by atomic mass is 9.79. The van der Waals surface area contributed by atoms with Gasteiger partial charge >= 0.3 is 6.03 Å². The molecule has 0 saturated carbocycles. The molecule has 2 aromatic rings. The summed E-state index contributed by atoms with van der Waals surface area (Å²) in [7, 11) is 0. The van der Waals surface area contributed by atoms with E-state index in [1.54, 1.807) is 0 Å². The van der Waals surface area contributed by atoms with E-state index >= 15 is 0 Å². The Bertz CT molecular complexity index is 788. The van der Waals surface area contributed by atoms with Gasteiger partial charge in [-0.25, -0.2) is 4.79 Å². The number of benzene rings is 2. The Labute approximate surface area is 173 Å². The molecular weight excluding hydrogens is 362 g/mol. The number of hydrogen-bond donors (Lipinski definition) is 1. The third-order valence-electron chi connectivity index (χ3n) is 6.18. The molecule has 2 fully saturated rings. The fourth-order valence-corrected chi connectivity index (χ4v) is 4.59. The SMILES string of the molecule is CC(C)N1C[C@H](Oc2ccccc2)[C@@H]1C1CCN(C(=O)Nc2ccccc2)CC1. The molecule has 0 radical (unpaired) electrons. The maximum atomic E-state index is 12.6. The van der Waals surface area contributed by atoms with E-state index in [-0.39, 0.29) is 12.1 Å². The van der Waals surface area contributed by atoms with Crippen LogP contribution in [0.4, 0.5) is 10.5 Å². The van der Waals surface area contributed by atoms with E-state index < -0.39 is 0 Å². The van der Waals surface area contributed by atoms with Crippen molar-refractivity contribution in [1.82, 2.24) is 9.80 Å². The summed E-state index contributed by atoms with van der Waals surface area (Å²) in [5, 5.41) is 3.00. The van der Waals surface area contributed by atoms with Gasteiger partial charge in [0.05, 0.1) is 6.04 Å². The van der Waals surface area contributed by atoms with Gasteiger partial charge in [-0.15, -0.1) is 0 Å². The highest BCUT2D eigenvalue weighted by Gasteiger charge is 2.47.